The molecule has 8 nitrogen and oxygen atoms in total. The van der Waals surface area contributed by atoms with Crippen molar-refractivity contribution in [3.05, 3.63) is 81.5 Å². The molecule has 1 atom stereocenters. The predicted octanol–water partition coefficient (Wildman–Crippen LogP) is 4.72. The van der Waals surface area contributed by atoms with Crippen molar-refractivity contribution < 1.29 is 19.4 Å². The maximum atomic E-state index is 13.3. The normalized spacial score (nSPS) is 11.8. The molecular formula is C25H23N3O5S2. The molecule has 0 saturated heterocycles. The lowest BCUT2D eigenvalue weighted by atomic mass is 10.1. The summed E-state index contributed by atoms with van der Waals surface area (Å²) in [4.78, 5) is 42.2. The standard InChI is InChI=1S/C25H23N3O5S2/c1-3-20(22(29)26-17-5-4-6-18(13-17)33-2)35-25-27-19-11-12-34-21(19)23(30)28(25)14-15-7-9-16(10-8-15)24(31)32/h4-13,20H,3,14H2,1-2H3,(H,26,29)(H,31,32)/t20-/m0/s1. The third-order valence-corrected chi connectivity index (χ3v) is 7.57. The molecule has 35 heavy (non-hydrogen) atoms. The van der Waals surface area contributed by atoms with Crippen LogP contribution in [0.1, 0.15) is 29.3 Å². The van der Waals surface area contributed by atoms with E-state index in [2.05, 4.69) is 10.3 Å². The van der Waals surface area contributed by atoms with E-state index >= 15 is 0 Å². The summed E-state index contributed by atoms with van der Waals surface area (Å²) in [6.45, 7) is 2.11. The summed E-state index contributed by atoms with van der Waals surface area (Å²) in [5.41, 5.74) is 1.93. The highest BCUT2D eigenvalue weighted by Gasteiger charge is 2.23. The summed E-state index contributed by atoms with van der Waals surface area (Å²) >= 11 is 2.55. The van der Waals surface area contributed by atoms with Gasteiger partial charge in [-0.3, -0.25) is 14.2 Å². The van der Waals surface area contributed by atoms with E-state index < -0.39 is 11.2 Å². The number of rotatable bonds is 9. The van der Waals surface area contributed by atoms with Crippen LogP contribution >= 0.6 is 23.1 Å². The number of aromatic nitrogens is 2. The zero-order valence-electron chi connectivity index (χ0n) is 19.1. The highest BCUT2D eigenvalue weighted by Crippen LogP contribution is 2.28. The Morgan fingerprint density at radius 1 is 1.20 bits per heavy atom. The van der Waals surface area contributed by atoms with E-state index in [9.17, 15) is 14.4 Å². The molecule has 0 unspecified atom stereocenters. The van der Waals surface area contributed by atoms with Crippen LogP contribution in [-0.4, -0.2) is 38.9 Å². The maximum Gasteiger partial charge on any atom is 0.335 e. The van der Waals surface area contributed by atoms with E-state index in [-0.39, 0.29) is 23.6 Å². The zero-order valence-corrected chi connectivity index (χ0v) is 20.7. The summed E-state index contributed by atoms with van der Waals surface area (Å²) in [6, 6.07) is 15.3. The average Bonchev–Trinajstić information content (AvgIpc) is 3.33. The number of methoxy groups -OCH3 is 1. The molecule has 2 aromatic carbocycles. The van der Waals surface area contributed by atoms with Gasteiger partial charge >= 0.3 is 5.97 Å². The molecule has 0 aliphatic heterocycles. The first-order chi connectivity index (χ1) is 16.9. The fourth-order valence-corrected chi connectivity index (χ4v) is 5.25. The van der Waals surface area contributed by atoms with Gasteiger partial charge in [0.2, 0.25) is 5.91 Å². The van der Waals surface area contributed by atoms with E-state index in [1.165, 1.54) is 35.2 Å². The summed E-state index contributed by atoms with van der Waals surface area (Å²) < 4.78 is 7.30. The first-order valence-electron chi connectivity index (χ1n) is 10.8. The number of aromatic carboxylic acids is 1. The van der Waals surface area contributed by atoms with Gasteiger partial charge in [0.05, 0.1) is 30.0 Å². The van der Waals surface area contributed by atoms with Crippen LogP contribution in [0.5, 0.6) is 5.75 Å². The quantitative estimate of drug-likeness (QED) is 0.248. The van der Waals surface area contributed by atoms with Gasteiger partial charge in [0, 0.05) is 11.8 Å². The topological polar surface area (TPSA) is 111 Å². The Morgan fingerprint density at radius 2 is 1.97 bits per heavy atom. The molecule has 0 spiro atoms. The third-order valence-electron chi connectivity index (χ3n) is 5.32. The van der Waals surface area contributed by atoms with Crippen LogP contribution in [0.2, 0.25) is 0 Å². The molecule has 0 saturated carbocycles. The molecule has 10 heteroatoms. The third kappa shape index (κ3) is 5.55. The zero-order chi connectivity index (χ0) is 24.9. The van der Waals surface area contributed by atoms with E-state index in [0.29, 0.717) is 33.2 Å². The minimum atomic E-state index is -1.01. The molecule has 4 rings (SSSR count). The van der Waals surface area contributed by atoms with Crippen molar-refractivity contribution in [1.29, 1.82) is 0 Å². The van der Waals surface area contributed by atoms with E-state index in [4.69, 9.17) is 9.84 Å². The number of fused-ring (bicyclic) bond motifs is 1. The summed E-state index contributed by atoms with van der Waals surface area (Å²) in [6.07, 6.45) is 0.519. The Hall–Kier alpha value is -3.63. The highest BCUT2D eigenvalue weighted by molar-refractivity contribution is 8.00. The van der Waals surface area contributed by atoms with Gasteiger partial charge in [0.25, 0.3) is 5.56 Å². The Bertz CT molecular complexity index is 1430. The number of benzene rings is 2. The number of carboxylic acid groups (broad SMARTS) is 1. The number of carboxylic acids is 1. The SMILES string of the molecule is CC[C@H](Sc1nc2ccsc2c(=O)n1Cc1ccc(C(=O)O)cc1)C(=O)Nc1cccc(OC)c1. The molecule has 2 aromatic heterocycles. The van der Waals surface area contributed by atoms with Crippen molar-refractivity contribution in [2.24, 2.45) is 0 Å². The van der Waals surface area contributed by atoms with Crippen molar-refractivity contribution >= 4 is 50.9 Å². The molecule has 0 aliphatic rings. The Labute approximate surface area is 209 Å². The van der Waals surface area contributed by atoms with Crippen molar-refractivity contribution in [3.63, 3.8) is 0 Å². The molecule has 180 valence electrons. The second-order valence-corrected chi connectivity index (χ2v) is 9.74. The molecule has 0 fully saturated rings. The number of amides is 1. The van der Waals surface area contributed by atoms with Gasteiger partial charge in [-0.15, -0.1) is 11.3 Å². The number of carbonyl (C=O) groups is 2. The number of hydrogen-bond acceptors (Lipinski definition) is 7. The number of thiophene rings is 1. The van der Waals surface area contributed by atoms with Gasteiger partial charge in [-0.1, -0.05) is 36.9 Å². The van der Waals surface area contributed by atoms with Gasteiger partial charge in [-0.25, -0.2) is 9.78 Å². The number of hydrogen-bond donors (Lipinski definition) is 2. The molecule has 0 bridgehead atoms. The summed E-state index contributed by atoms with van der Waals surface area (Å²) in [7, 11) is 1.56. The lowest BCUT2D eigenvalue weighted by molar-refractivity contribution is -0.115. The van der Waals surface area contributed by atoms with Crippen LogP contribution in [-0.2, 0) is 11.3 Å². The van der Waals surface area contributed by atoms with Crippen molar-refractivity contribution in [2.75, 3.05) is 12.4 Å². The Kier molecular flexibility index (Phi) is 7.52. The fraction of sp³-hybridized carbons (Fsp3) is 0.200. The van der Waals surface area contributed by atoms with Gasteiger partial charge in [0.15, 0.2) is 5.16 Å². The first-order valence-corrected chi connectivity index (χ1v) is 12.6. The monoisotopic (exact) mass is 509 g/mol. The minimum Gasteiger partial charge on any atom is -0.497 e. The second-order valence-electron chi connectivity index (χ2n) is 7.66. The van der Waals surface area contributed by atoms with E-state index in [1.54, 1.807) is 54.1 Å². The van der Waals surface area contributed by atoms with Crippen LogP contribution in [0, 0.1) is 0 Å². The molecule has 2 heterocycles. The largest absolute Gasteiger partial charge is 0.497 e. The molecule has 1 amide bonds. The van der Waals surface area contributed by atoms with Crippen LogP contribution in [0.3, 0.4) is 0 Å². The Balaban J connectivity index is 1.64. The van der Waals surface area contributed by atoms with Gasteiger partial charge in [-0.2, -0.15) is 0 Å². The van der Waals surface area contributed by atoms with Gasteiger partial charge in [0.1, 0.15) is 10.4 Å². The predicted molar refractivity (Wildman–Crippen MR) is 138 cm³/mol. The van der Waals surface area contributed by atoms with Crippen molar-refractivity contribution in [3.8, 4) is 5.75 Å². The van der Waals surface area contributed by atoms with Crippen molar-refractivity contribution in [2.45, 2.75) is 30.3 Å². The van der Waals surface area contributed by atoms with Gasteiger partial charge < -0.3 is 15.2 Å². The minimum absolute atomic E-state index is 0.169. The molecule has 0 aliphatic carbocycles. The van der Waals surface area contributed by atoms with Crippen LogP contribution in [0.15, 0.2) is 69.9 Å². The number of nitrogens with one attached hydrogen (secondary N) is 1. The van der Waals surface area contributed by atoms with Crippen molar-refractivity contribution in [1.82, 2.24) is 9.55 Å². The van der Waals surface area contributed by atoms with Crippen LogP contribution in [0.4, 0.5) is 5.69 Å². The molecular weight excluding hydrogens is 486 g/mol. The lowest BCUT2D eigenvalue weighted by Crippen LogP contribution is -2.28. The van der Waals surface area contributed by atoms with E-state index in [0.717, 1.165) is 5.56 Å². The first kappa shape index (κ1) is 24.5. The molecule has 0 radical (unpaired) electrons. The Morgan fingerprint density at radius 3 is 2.66 bits per heavy atom. The number of thioether (sulfide) groups is 1. The highest BCUT2D eigenvalue weighted by atomic mass is 32.2. The van der Waals surface area contributed by atoms with Crippen LogP contribution in [0.25, 0.3) is 10.2 Å². The van der Waals surface area contributed by atoms with E-state index in [1.807, 2.05) is 12.3 Å². The van der Waals surface area contributed by atoms with Crippen LogP contribution < -0.4 is 15.6 Å². The number of nitrogens with zero attached hydrogens (tertiary/aromatic N) is 2. The number of anilines is 1. The number of carbonyl (C=O) groups excluding carboxylic acids is 1. The summed E-state index contributed by atoms with van der Waals surface area (Å²) in [5.74, 6) is -0.585. The maximum absolute atomic E-state index is 13.3. The second kappa shape index (κ2) is 10.7. The average molecular weight is 510 g/mol. The smallest absolute Gasteiger partial charge is 0.335 e. The molecule has 2 N–H and O–H groups in total. The number of ether oxygens (including phenoxy) is 1. The fourth-order valence-electron chi connectivity index (χ4n) is 3.46. The molecule has 4 aromatic rings. The lowest BCUT2D eigenvalue weighted by Gasteiger charge is -2.18. The summed E-state index contributed by atoms with van der Waals surface area (Å²) in [5, 5.41) is 13.8. The van der Waals surface area contributed by atoms with Gasteiger partial charge in [-0.05, 0) is 47.7 Å².